The van der Waals surface area contributed by atoms with Crippen molar-refractivity contribution in [3.8, 4) is 0 Å². The van der Waals surface area contributed by atoms with Gasteiger partial charge in [-0.05, 0) is 37.1 Å². The summed E-state index contributed by atoms with van der Waals surface area (Å²) in [5, 5.41) is 8.13. The second-order valence-electron chi connectivity index (χ2n) is 6.56. The van der Waals surface area contributed by atoms with Crippen LogP contribution in [0.2, 0.25) is 5.02 Å². The minimum Gasteiger partial charge on any atom is -0.481 e. The number of Topliss-reactive ketones (excluding diaryl/α,β-unsaturated/α-hetero) is 1. The number of carbonyl (C=O) groups is 4. The zero-order valence-corrected chi connectivity index (χ0v) is 17.0. The average Bonchev–Trinajstić information content (AvgIpc) is 3.27. The standard InChI is InChI=1S/C17H15ClN2O4.C3H6O2/c1-10-3-4-12(18)7-13(10)17(11(2)21)8-15(22)20(16(17)23)9-14-19-5-6-24-14;1-2-3(4)5/h3-7H,8-9H2,1-2H3;2H2,1H3,(H,4,5). The van der Waals surface area contributed by atoms with Crippen molar-refractivity contribution in [3.05, 3.63) is 52.7 Å². The highest BCUT2D eigenvalue weighted by Crippen LogP contribution is 2.40. The fraction of sp³-hybridized carbons (Fsp3) is 0.350. The summed E-state index contributed by atoms with van der Waals surface area (Å²) in [4.78, 5) is 52.3. The van der Waals surface area contributed by atoms with Crippen LogP contribution in [0, 0.1) is 6.92 Å². The van der Waals surface area contributed by atoms with Crippen LogP contribution in [0.15, 0.2) is 35.1 Å². The number of rotatable bonds is 5. The van der Waals surface area contributed by atoms with Gasteiger partial charge in [-0.1, -0.05) is 24.6 Å². The summed E-state index contributed by atoms with van der Waals surface area (Å²) in [7, 11) is 0. The number of amides is 2. The maximum atomic E-state index is 13.0. The van der Waals surface area contributed by atoms with Gasteiger partial charge in [0.15, 0.2) is 0 Å². The lowest BCUT2D eigenvalue weighted by atomic mass is 9.74. The van der Waals surface area contributed by atoms with E-state index in [9.17, 15) is 19.2 Å². The summed E-state index contributed by atoms with van der Waals surface area (Å²) in [6.45, 7) is 4.60. The lowest BCUT2D eigenvalue weighted by Crippen LogP contribution is -2.43. The second kappa shape index (κ2) is 9.00. The largest absolute Gasteiger partial charge is 0.481 e. The highest BCUT2D eigenvalue weighted by Gasteiger charge is 2.56. The number of hydrogen-bond acceptors (Lipinski definition) is 6. The molecule has 29 heavy (non-hydrogen) atoms. The number of carboxylic acid groups (broad SMARTS) is 1. The highest BCUT2D eigenvalue weighted by molar-refractivity contribution is 6.31. The number of aliphatic carboxylic acids is 1. The van der Waals surface area contributed by atoms with Crippen molar-refractivity contribution >= 4 is 35.2 Å². The minimum absolute atomic E-state index is 0.0979. The lowest BCUT2D eigenvalue weighted by molar-refractivity contribution is -0.142. The zero-order valence-electron chi connectivity index (χ0n) is 16.3. The average molecular weight is 421 g/mol. The number of carboxylic acids is 1. The number of halogens is 1. The van der Waals surface area contributed by atoms with Gasteiger partial charge in [0.1, 0.15) is 24.0 Å². The van der Waals surface area contributed by atoms with Gasteiger partial charge in [-0.15, -0.1) is 0 Å². The lowest BCUT2D eigenvalue weighted by Gasteiger charge is -2.26. The van der Waals surface area contributed by atoms with E-state index in [1.165, 1.54) is 19.4 Å². The smallest absolute Gasteiger partial charge is 0.303 e. The molecule has 9 heteroatoms. The predicted molar refractivity (Wildman–Crippen MR) is 103 cm³/mol. The van der Waals surface area contributed by atoms with E-state index in [-0.39, 0.29) is 31.1 Å². The SMILES string of the molecule is CC(=O)C1(c2cc(Cl)ccc2C)CC(=O)N(Cc2ncco2)C1=O.CCC(=O)O. The molecule has 0 aliphatic carbocycles. The number of likely N-dealkylation sites (tertiary alicyclic amines) is 1. The van der Waals surface area contributed by atoms with Crippen LogP contribution in [0.3, 0.4) is 0 Å². The van der Waals surface area contributed by atoms with Crippen molar-refractivity contribution in [1.29, 1.82) is 0 Å². The molecule has 0 spiro atoms. The fourth-order valence-electron chi connectivity index (χ4n) is 3.10. The molecule has 1 fully saturated rings. The summed E-state index contributed by atoms with van der Waals surface area (Å²) in [6, 6.07) is 5.00. The quantitative estimate of drug-likeness (QED) is 0.583. The number of imide groups is 1. The zero-order chi connectivity index (χ0) is 21.8. The first kappa shape index (κ1) is 22.3. The fourth-order valence-corrected chi connectivity index (χ4v) is 3.27. The summed E-state index contributed by atoms with van der Waals surface area (Å²) in [6.07, 6.45) is 2.79. The molecular formula is C20H21ClN2O6. The molecule has 8 nitrogen and oxygen atoms in total. The Balaban J connectivity index is 0.000000537. The number of aryl methyl sites for hydroxylation is 1. The Labute approximate surface area is 172 Å². The van der Waals surface area contributed by atoms with Crippen LogP contribution in [0.25, 0.3) is 0 Å². The number of aromatic nitrogens is 1. The second-order valence-corrected chi connectivity index (χ2v) is 6.99. The molecule has 1 aliphatic heterocycles. The Kier molecular flexibility index (Phi) is 6.92. The molecule has 154 valence electrons. The van der Waals surface area contributed by atoms with Crippen molar-refractivity contribution in [2.45, 2.75) is 45.6 Å². The number of ketones is 1. The number of benzene rings is 1. The molecule has 2 heterocycles. The van der Waals surface area contributed by atoms with Crippen LogP contribution in [-0.2, 0) is 31.1 Å². The molecule has 0 radical (unpaired) electrons. The molecule has 0 bridgehead atoms. The van der Waals surface area contributed by atoms with Gasteiger partial charge in [-0.3, -0.25) is 24.1 Å². The van der Waals surface area contributed by atoms with Gasteiger partial charge in [0.2, 0.25) is 17.7 Å². The summed E-state index contributed by atoms with van der Waals surface area (Å²) < 4.78 is 5.11. The number of carbonyl (C=O) groups excluding carboxylic acids is 3. The Morgan fingerprint density at radius 3 is 2.52 bits per heavy atom. The van der Waals surface area contributed by atoms with Crippen molar-refractivity contribution < 1.29 is 28.7 Å². The van der Waals surface area contributed by atoms with Crippen LogP contribution >= 0.6 is 11.6 Å². The molecule has 1 aliphatic rings. The van der Waals surface area contributed by atoms with E-state index in [1.54, 1.807) is 32.0 Å². The van der Waals surface area contributed by atoms with Gasteiger partial charge in [0.05, 0.1) is 12.6 Å². The summed E-state index contributed by atoms with van der Waals surface area (Å²) >= 11 is 6.05. The molecule has 2 amide bonds. The Hall–Kier alpha value is -3.00. The first-order valence-electron chi connectivity index (χ1n) is 8.86. The maximum Gasteiger partial charge on any atom is 0.303 e. The molecule has 1 aromatic carbocycles. The molecule has 1 N–H and O–H groups in total. The van der Waals surface area contributed by atoms with Crippen LogP contribution in [0.4, 0.5) is 0 Å². The van der Waals surface area contributed by atoms with E-state index in [4.69, 9.17) is 21.1 Å². The van der Waals surface area contributed by atoms with Gasteiger partial charge >= 0.3 is 5.97 Å². The van der Waals surface area contributed by atoms with E-state index in [1.807, 2.05) is 0 Å². The predicted octanol–water partition coefficient (Wildman–Crippen LogP) is 2.90. The monoisotopic (exact) mass is 420 g/mol. The third kappa shape index (κ3) is 4.54. The van der Waals surface area contributed by atoms with Crippen molar-refractivity contribution in [2.75, 3.05) is 0 Å². The van der Waals surface area contributed by atoms with Crippen LogP contribution in [-0.4, -0.2) is 38.6 Å². The number of oxazole rings is 1. The summed E-state index contributed by atoms with van der Waals surface area (Å²) in [5.74, 6) is -1.90. The molecular weight excluding hydrogens is 400 g/mol. The molecule has 1 aromatic heterocycles. The van der Waals surface area contributed by atoms with Gasteiger partial charge in [0.25, 0.3) is 0 Å². The van der Waals surface area contributed by atoms with E-state index in [0.29, 0.717) is 10.6 Å². The molecule has 3 rings (SSSR count). The Bertz CT molecular complexity index is 940. The third-order valence-corrected chi connectivity index (χ3v) is 4.90. The maximum absolute atomic E-state index is 13.0. The molecule has 0 saturated carbocycles. The first-order valence-corrected chi connectivity index (χ1v) is 9.23. The molecule has 1 atom stereocenters. The summed E-state index contributed by atoms with van der Waals surface area (Å²) in [5.41, 5.74) is -0.344. The van der Waals surface area contributed by atoms with Crippen LogP contribution in [0.1, 0.15) is 43.7 Å². The van der Waals surface area contributed by atoms with Gasteiger partial charge in [0, 0.05) is 11.4 Å². The van der Waals surface area contributed by atoms with Gasteiger partial charge < -0.3 is 9.52 Å². The molecule has 1 saturated heterocycles. The number of hydrogen-bond donors (Lipinski definition) is 1. The van der Waals surface area contributed by atoms with Gasteiger partial charge in [-0.2, -0.15) is 0 Å². The van der Waals surface area contributed by atoms with Crippen LogP contribution in [0.5, 0.6) is 0 Å². The van der Waals surface area contributed by atoms with Gasteiger partial charge in [-0.25, -0.2) is 4.98 Å². The minimum atomic E-state index is -1.54. The van der Waals surface area contributed by atoms with Crippen molar-refractivity contribution in [3.63, 3.8) is 0 Å². The highest BCUT2D eigenvalue weighted by atomic mass is 35.5. The van der Waals surface area contributed by atoms with E-state index in [0.717, 1.165) is 10.5 Å². The van der Waals surface area contributed by atoms with Crippen LogP contribution < -0.4 is 0 Å². The number of nitrogens with zero attached hydrogens (tertiary/aromatic N) is 2. The third-order valence-electron chi connectivity index (χ3n) is 4.67. The topological polar surface area (TPSA) is 118 Å². The normalized spacial score (nSPS) is 18.4. The molecule has 1 unspecified atom stereocenters. The Morgan fingerprint density at radius 2 is 2.00 bits per heavy atom. The van der Waals surface area contributed by atoms with E-state index < -0.39 is 23.2 Å². The molecule has 2 aromatic rings. The van der Waals surface area contributed by atoms with Crippen molar-refractivity contribution in [2.24, 2.45) is 0 Å². The van der Waals surface area contributed by atoms with E-state index >= 15 is 0 Å². The first-order chi connectivity index (χ1) is 13.6. The van der Waals surface area contributed by atoms with Crippen molar-refractivity contribution in [1.82, 2.24) is 9.88 Å². The van der Waals surface area contributed by atoms with E-state index in [2.05, 4.69) is 4.98 Å². The Morgan fingerprint density at radius 1 is 1.34 bits per heavy atom.